The van der Waals surface area contributed by atoms with Crippen LogP contribution < -0.4 is 20.5 Å². The second kappa shape index (κ2) is 9.16. The maximum Gasteiger partial charge on any atom is 0.268 e. The molecule has 1 aliphatic rings. The Morgan fingerprint density at radius 2 is 1.97 bits per heavy atom. The number of ether oxygens (including phenoxy) is 2. The largest absolute Gasteiger partial charge is 0.493 e. The standard InChI is InChI=1S/C26H25FN4O3S/c1-31-12-11-17-15(13-31)20(14-7-6-10-19(33-2)23(14)34-3)21-22(28)24(35-26(21)30-17)25(32)29-18-9-5-4-8-16(18)27/h4-10H,11-13,28H2,1-3H3,(H,29,32). The number of nitrogens with zero attached hydrogens (tertiary/aromatic N) is 2. The first-order chi connectivity index (χ1) is 16.9. The van der Waals surface area contributed by atoms with Gasteiger partial charge in [0.15, 0.2) is 11.5 Å². The fraction of sp³-hybridized carbons (Fsp3) is 0.231. The number of halogens is 1. The van der Waals surface area contributed by atoms with E-state index in [2.05, 4.69) is 17.3 Å². The molecule has 5 rings (SSSR count). The Morgan fingerprint density at radius 3 is 2.71 bits per heavy atom. The highest BCUT2D eigenvalue weighted by Crippen LogP contribution is 2.48. The fourth-order valence-electron chi connectivity index (χ4n) is 4.55. The van der Waals surface area contributed by atoms with Crippen LogP contribution in [0.5, 0.6) is 11.5 Å². The summed E-state index contributed by atoms with van der Waals surface area (Å²) in [7, 11) is 5.25. The molecule has 4 aromatic rings. The van der Waals surface area contributed by atoms with E-state index in [0.717, 1.165) is 35.3 Å². The molecule has 3 N–H and O–H groups in total. The SMILES string of the molecule is COc1cccc(-c2c3c(nc4sc(C(=O)Nc5ccccc5F)c(N)c24)CCN(C)C3)c1OC. The Labute approximate surface area is 206 Å². The van der Waals surface area contributed by atoms with E-state index in [1.54, 1.807) is 26.4 Å². The van der Waals surface area contributed by atoms with Crippen molar-refractivity contribution in [2.24, 2.45) is 0 Å². The molecule has 3 heterocycles. The molecule has 0 spiro atoms. The van der Waals surface area contributed by atoms with Crippen LogP contribution in [-0.4, -0.2) is 43.6 Å². The summed E-state index contributed by atoms with van der Waals surface area (Å²) >= 11 is 1.21. The highest BCUT2D eigenvalue weighted by Gasteiger charge is 2.29. The van der Waals surface area contributed by atoms with Gasteiger partial charge in [-0.15, -0.1) is 11.3 Å². The number of hydrogen-bond donors (Lipinski definition) is 2. The lowest BCUT2D eigenvalue weighted by molar-refractivity contribution is 0.103. The number of thiophene rings is 1. The fourth-order valence-corrected chi connectivity index (χ4v) is 5.57. The summed E-state index contributed by atoms with van der Waals surface area (Å²) in [6, 6.07) is 11.7. The summed E-state index contributed by atoms with van der Waals surface area (Å²) in [6.07, 6.45) is 0.773. The van der Waals surface area contributed by atoms with Crippen molar-refractivity contribution in [2.45, 2.75) is 13.0 Å². The van der Waals surface area contributed by atoms with Gasteiger partial charge in [0.05, 0.1) is 25.6 Å². The van der Waals surface area contributed by atoms with Crippen LogP contribution in [0.4, 0.5) is 15.8 Å². The number of aromatic nitrogens is 1. The summed E-state index contributed by atoms with van der Waals surface area (Å²) in [4.78, 5) is 21.2. The molecule has 0 aliphatic carbocycles. The van der Waals surface area contributed by atoms with Gasteiger partial charge in [-0.25, -0.2) is 9.37 Å². The number of likely N-dealkylation sites (N-methyl/N-ethyl adjacent to an activating group) is 1. The second-order valence-corrected chi connectivity index (χ2v) is 9.40. The molecule has 0 saturated heterocycles. The lowest BCUT2D eigenvalue weighted by atomic mass is 9.91. The van der Waals surface area contributed by atoms with Crippen LogP contribution in [-0.2, 0) is 13.0 Å². The number of nitrogen functional groups attached to an aromatic ring is 1. The Kier molecular flexibility index (Phi) is 6.04. The highest BCUT2D eigenvalue weighted by atomic mass is 32.1. The van der Waals surface area contributed by atoms with Crippen LogP contribution in [0.3, 0.4) is 0 Å². The van der Waals surface area contributed by atoms with Gasteiger partial charge < -0.3 is 25.4 Å². The van der Waals surface area contributed by atoms with Gasteiger partial charge in [-0.3, -0.25) is 4.79 Å². The molecule has 2 aromatic carbocycles. The zero-order valence-corrected chi connectivity index (χ0v) is 20.5. The van der Waals surface area contributed by atoms with Crippen molar-refractivity contribution in [3.63, 3.8) is 0 Å². The van der Waals surface area contributed by atoms with Gasteiger partial charge in [0, 0.05) is 41.7 Å². The number of anilines is 2. The molecule has 7 nitrogen and oxygen atoms in total. The van der Waals surface area contributed by atoms with Crippen molar-refractivity contribution in [1.82, 2.24) is 9.88 Å². The number of amides is 1. The minimum absolute atomic E-state index is 0.0953. The summed E-state index contributed by atoms with van der Waals surface area (Å²) in [5.74, 6) is 0.188. The zero-order chi connectivity index (χ0) is 24.7. The van der Waals surface area contributed by atoms with Crippen molar-refractivity contribution in [1.29, 1.82) is 0 Å². The second-order valence-electron chi connectivity index (χ2n) is 8.40. The quantitative estimate of drug-likeness (QED) is 0.410. The molecular weight excluding hydrogens is 467 g/mol. The smallest absolute Gasteiger partial charge is 0.268 e. The summed E-state index contributed by atoms with van der Waals surface area (Å²) in [5, 5.41) is 3.33. The molecule has 0 unspecified atom stereocenters. The van der Waals surface area contributed by atoms with E-state index >= 15 is 0 Å². The molecule has 35 heavy (non-hydrogen) atoms. The van der Waals surface area contributed by atoms with Gasteiger partial charge in [-0.1, -0.05) is 24.3 Å². The van der Waals surface area contributed by atoms with Gasteiger partial charge in [-0.2, -0.15) is 0 Å². The molecule has 0 radical (unpaired) electrons. The molecule has 0 saturated carbocycles. The first kappa shape index (κ1) is 23.1. The maximum atomic E-state index is 14.2. The number of methoxy groups -OCH3 is 2. The summed E-state index contributed by atoms with van der Waals surface area (Å²) in [6.45, 7) is 1.56. The van der Waals surface area contributed by atoms with E-state index in [-0.39, 0.29) is 10.6 Å². The van der Waals surface area contributed by atoms with E-state index in [1.807, 2.05) is 18.2 Å². The number of nitrogens with one attached hydrogen (secondary N) is 1. The average Bonchev–Trinajstić information content (AvgIpc) is 3.19. The molecule has 1 amide bonds. The topological polar surface area (TPSA) is 89.7 Å². The zero-order valence-electron chi connectivity index (χ0n) is 19.6. The van der Waals surface area contributed by atoms with Crippen molar-refractivity contribution >= 4 is 38.8 Å². The predicted molar refractivity (Wildman–Crippen MR) is 137 cm³/mol. The summed E-state index contributed by atoms with van der Waals surface area (Å²) < 4.78 is 25.5. The molecule has 1 aliphatic heterocycles. The molecule has 9 heteroatoms. The Balaban J connectivity index is 1.75. The van der Waals surface area contributed by atoms with Crippen molar-refractivity contribution < 1.29 is 18.7 Å². The first-order valence-electron chi connectivity index (χ1n) is 11.1. The lowest BCUT2D eigenvalue weighted by Crippen LogP contribution is -2.28. The molecule has 180 valence electrons. The van der Waals surface area contributed by atoms with E-state index < -0.39 is 11.7 Å². The average molecular weight is 493 g/mol. The third-order valence-electron chi connectivity index (χ3n) is 6.22. The van der Waals surface area contributed by atoms with Gasteiger partial charge in [0.2, 0.25) is 0 Å². The number of para-hydroxylation sites is 2. The minimum atomic E-state index is -0.515. The lowest BCUT2D eigenvalue weighted by Gasteiger charge is -2.27. The predicted octanol–water partition coefficient (Wildman–Crippen LogP) is 4.94. The number of hydrogen-bond acceptors (Lipinski definition) is 7. The van der Waals surface area contributed by atoms with Crippen LogP contribution in [0.2, 0.25) is 0 Å². The van der Waals surface area contributed by atoms with Gasteiger partial charge >= 0.3 is 0 Å². The van der Waals surface area contributed by atoms with Crippen molar-refractivity contribution in [2.75, 3.05) is 38.9 Å². The molecule has 0 bridgehead atoms. The molecule has 0 atom stereocenters. The number of carbonyl (C=O) groups excluding carboxylic acids is 1. The van der Waals surface area contributed by atoms with Crippen LogP contribution in [0.1, 0.15) is 20.9 Å². The molecular formula is C26H25FN4O3S. The number of rotatable bonds is 5. The van der Waals surface area contributed by atoms with Crippen LogP contribution >= 0.6 is 11.3 Å². The number of carbonyl (C=O) groups is 1. The number of pyridine rings is 1. The van der Waals surface area contributed by atoms with E-state index in [1.165, 1.54) is 23.5 Å². The third-order valence-corrected chi connectivity index (χ3v) is 7.32. The third kappa shape index (κ3) is 3.96. The molecule has 0 fully saturated rings. The number of fused-ring (bicyclic) bond motifs is 2. The Hall–Kier alpha value is -3.69. The van der Waals surface area contributed by atoms with Crippen molar-refractivity contribution in [3.05, 3.63) is 64.4 Å². The molecule has 2 aromatic heterocycles. The maximum absolute atomic E-state index is 14.2. The normalized spacial score (nSPS) is 13.5. The van der Waals surface area contributed by atoms with E-state index in [0.29, 0.717) is 33.9 Å². The number of nitrogens with two attached hydrogens (primary N) is 1. The minimum Gasteiger partial charge on any atom is -0.493 e. The van der Waals surface area contributed by atoms with Gasteiger partial charge in [0.25, 0.3) is 5.91 Å². The first-order valence-corrected chi connectivity index (χ1v) is 11.9. The van der Waals surface area contributed by atoms with E-state index in [9.17, 15) is 9.18 Å². The number of benzene rings is 2. The Morgan fingerprint density at radius 1 is 1.17 bits per heavy atom. The Bertz CT molecular complexity index is 1450. The van der Waals surface area contributed by atoms with Gasteiger partial charge in [0.1, 0.15) is 15.5 Å². The monoisotopic (exact) mass is 492 g/mol. The van der Waals surface area contributed by atoms with Crippen LogP contribution in [0, 0.1) is 5.82 Å². The highest BCUT2D eigenvalue weighted by molar-refractivity contribution is 7.21. The van der Waals surface area contributed by atoms with Crippen LogP contribution in [0.15, 0.2) is 42.5 Å². The summed E-state index contributed by atoms with van der Waals surface area (Å²) in [5.41, 5.74) is 10.7. The van der Waals surface area contributed by atoms with Crippen molar-refractivity contribution in [3.8, 4) is 22.6 Å². The van der Waals surface area contributed by atoms with Crippen LogP contribution in [0.25, 0.3) is 21.3 Å². The van der Waals surface area contributed by atoms with Gasteiger partial charge in [-0.05, 0) is 30.8 Å². The van der Waals surface area contributed by atoms with E-state index in [4.69, 9.17) is 20.2 Å².